The van der Waals surface area contributed by atoms with Crippen LogP contribution in [0.25, 0.3) is 11.0 Å². The average Bonchev–Trinajstić information content (AvgIpc) is 3.01. The minimum Gasteiger partial charge on any atom is -0.507 e. The van der Waals surface area contributed by atoms with Crippen molar-refractivity contribution in [3.05, 3.63) is 70.1 Å². The Hall–Kier alpha value is -3.08. The molecule has 0 fully saturated rings. The summed E-state index contributed by atoms with van der Waals surface area (Å²) in [5, 5.41) is 10.5. The second-order valence-corrected chi connectivity index (χ2v) is 5.39. The molecule has 4 rings (SSSR count). The minimum absolute atomic E-state index is 0.103. The summed E-state index contributed by atoms with van der Waals surface area (Å²) in [6, 6.07) is 13.3. The first-order chi connectivity index (χ1) is 11.1. The van der Waals surface area contributed by atoms with Crippen LogP contribution in [0.15, 0.2) is 57.7 Å². The summed E-state index contributed by atoms with van der Waals surface area (Å²) >= 11 is 0. The van der Waals surface area contributed by atoms with Gasteiger partial charge in [-0.25, -0.2) is 4.79 Å². The maximum Gasteiger partial charge on any atom is 0.343 e. The molecule has 0 amide bonds. The Morgan fingerprint density at radius 1 is 1.09 bits per heavy atom. The molecular weight excluding hydrogens is 296 g/mol. The molecule has 3 aromatic rings. The molecule has 0 spiro atoms. The van der Waals surface area contributed by atoms with E-state index in [1.807, 2.05) is 6.07 Å². The number of fused-ring (bicyclic) bond motifs is 3. The van der Waals surface area contributed by atoms with Gasteiger partial charge in [0.25, 0.3) is 0 Å². The van der Waals surface area contributed by atoms with Gasteiger partial charge in [-0.15, -0.1) is 0 Å². The molecule has 0 saturated heterocycles. The van der Waals surface area contributed by atoms with E-state index in [4.69, 9.17) is 9.15 Å². The number of Topliss-reactive ketones (excluding diaryl/α,β-unsaturated/α-hetero) is 1. The summed E-state index contributed by atoms with van der Waals surface area (Å²) < 4.78 is 11.0. The van der Waals surface area contributed by atoms with E-state index in [0.29, 0.717) is 22.3 Å². The van der Waals surface area contributed by atoms with E-state index in [9.17, 15) is 14.7 Å². The van der Waals surface area contributed by atoms with Crippen molar-refractivity contribution in [1.82, 2.24) is 0 Å². The Bertz CT molecular complexity index is 986. The predicted molar refractivity (Wildman–Crippen MR) is 83.0 cm³/mol. The lowest BCUT2D eigenvalue weighted by atomic mass is 10.0. The van der Waals surface area contributed by atoms with Crippen LogP contribution in [0.3, 0.4) is 0 Å². The molecule has 1 aromatic heterocycles. The predicted octanol–water partition coefficient (Wildman–Crippen LogP) is 2.69. The number of para-hydroxylation sites is 2. The summed E-state index contributed by atoms with van der Waals surface area (Å²) in [7, 11) is 0. The molecule has 5 nitrogen and oxygen atoms in total. The molecule has 114 valence electrons. The molecular formula is C18H12O5. The second-order valence-electron chi connectivity index (χ2n) is 5.39. The molecule has 2 aromatic carbocycles. The number of ether oxygens (including phenoxy) is 1. The van der Waals surface area contributed by atoms with Crippen LogP contribution in [0.5, 0.6) is 11.5 Å². The van der Waals surface area contributed by atoms with Gasteiger partial charge in [0, 0.05) is 6.42 Å². The summed E-state index contributed by atoms with van der Waals surface area (Å²) in [6.07, 6.45) is -0.706. The first kappa shape index (κ1) is 13.6. The van der Waals surface area contributed by atoms with Gasteiger partial charge in [-0.1, -0.05) is 24.3 Å². The zero-order valence-electron chi connectivity index (χ0n) is 12.0. The zero-order chi connectivity index (χ0) is 16.0. The van der Waals surface area contributed by atoms with E-state index >= 15 is 0 Å². The van der Waals surface area contributed by atoms with E-state index < -0.39 is 11.7 Å². The molecule has 0 saturated carbocycles. The zero-order valence-corrected chi connectivity index (χ0v) is 12.0. The van der Waals surface area contributed by atoms with Crippen LogP contribution in [-0.4, -0.2) is 17.0 Å². The molecule has 1 unspecified atom stereocenters. The van der Waals surface area contributed by atoms with Crippen LogP contribution in [0, 0.1) is 0 Å². The lowest BCUT2D eigenvalue weighted by molar-refractivity contribution is 0.0823. The van der Waals surface area contributed by atoms with Gasteiger partial charge in [-0.2, -0.15) is 0 Å². The van der Waals surface area contributed by atoms with Gasteiger partial charge in [-0.05, 0) is 24.3 Å². The first-order valence-electron chi connectivity index (χ1n) is 7.19. The molecule has 5 heteroatoms. The largest absolute Gasteiger partial charge is 0.507 e. The lowest BCUT2D eigenvalue weighted by Gasteiger charge is -2.11. The van der Waals surface area contributed by atoms with Crippen LogP contribution in [0.4, 0.5) is 0 Å². The van der Waals surface area contributed by atoms with Gasteiger partial charge in [0.2, 0.25) is 5.78 Å². The number of rotatable bonds is 2. The second kappa shape index (κ2) is 4.98. The molecule has 0 bridgehead atoms. The normalized spacial score (nSPS) is 16.1. The summed E-state index contributed by atoms with van der Waals surface area (Å²) in [5.74, 6) is -0.0673. The number of hydrogen-bond acceptors (Lipinski definition) is 5. The minimum atomic E-state index is -0.841. The highest BCUT2D eigenvalue weighted by molar-refractivity contribution is 6.03. The Morgan fingerprint density at radius 2 is 1.83 bits per heavy atom. The van der Waals surface area contributed by atoms with Crippen molar-refractivity contribution >= 4 is 16.8 Å². The number of aromatic hydroxyl groups is 1. The van der Waals surface area contributed by atoms with Crippen LogP contribution in [0.2, 0.25) is 0 Å². The third-order valence-electron chi connectivity index (χ3n) is 3.97. The lowest BCUT2D eigenvalue weighted by Crippen LogP contribution is -2.25. The Labute approximate surface area is 130 Å². The van der Waals surface area contributed by atoms with Gasteiger partial charge in [0.15, 0.2) is 6.10 Å². The molecule has 0 radical (unpaired) electrons. The van der Waals surface area contributed by atoms with Crippen molar-refractivity contribution in [2.45, 2.75) is 12.5 Å². The quantitative estimate of drug-likeness (QED) is 0.582. The first-order valence-corrected chi connectivity index (χ1v) is 7.19. The highest BCUT2D eigenvalue weighted by Crippen LogP contribution is 2.35. The van der Waals surface area contributed by atoms with Gasteiger partial charge in [-0.3, -0.25) is 4.79 Å². The topological polar surface area (TPSA) is 76.7 Å². The van der Waals surface area contributed by atoms with Crippen LogP contribution in [-0.2, 0) is 6.42 Å². The van der Waals surface area contributed by atoms with Crippen molar-refractivity contribution in [2.24, 2.45) is 0 Å². The highest BCUT2D eigenvalue weighted by Gasteiger charge is 2.34. The third-order valence-corrected chi connectivity index (χ3v) is 3.97. The molecule has 23 heavy (non-hydrogen) atoms. The van der Waals surface area contributed by atoms with Crippen LogP contribution >= 0.6 is 0 Å². The average molecular weight is 308 g/mol. The SMILES string of the molecule is O=C(c1ccccc1O)C1Cc2c(c3ccccc3oc2=O)O1. The van der Waals surface area contributed by atoms with Crippen LogP contribution < -0.4 is 10.4 Å². The van der Waals surface area contributed by atoms with E-state index in [1.54, 1.807) is 30.3 Å². The molecule has 1 N–H and O–H groups in total. The summed E-state index contributed by atoms with van der Waals surface area (Å²) in [5.41, 5.74) is 0.467. The summed E-state index contributed by atoms with van der Waals surface area (Å²) in [6.45, 7) is 0. The Kier molecular flexibility index (Phi) is 2.94. The van der Waals surface area contributed by atoms with E-state index in [-0.39, 0.29) is 23.5 Å². The molecule has 1 aliphatic heterocycles. The number of hydrogen-bond donors (Lipinski definition) is 1. The molecule has 1 aliphatic rings. The number of phenols is 1. The third kappa shape index (κ3) is 2.09. The maximum absolute atomic E-state index is 12.6. The summed E-state index contributed by atoms with van der Waals surface area (Å²) in [4.78, 5) is 24.7. The monoisotopic (exact) mass is 308 g/mol. The molecule has 2 heterocycles. The van der Waals surface area contributed by atoms with Gasteiger partial charge in [0.05, 0.1) is 16.5 Å². The standard InChI is InChI=1S/C18H12O5/c19-13-7-3-1-5-10(13)16(20)15-9-12-17(22-15)11-6-2-4-8-14(11)23-18(12)21/h1-8,15,19H,9H2. The number of ketones is 1. The van der Waals surface area contributed by atoms with Gasteiger partial charge >= 0.3 is 5.63 Å². The fraction of sp³-hybridized carbons (Fsp3) is 0.111. The smallest absolute Gasteiger partial charge is 0.343 e. The fourth-order valence-electron chi connectivity index (χ4n) is 2.84. The van der Waals surface area contributed by atoms with Crippen molar-refractivity contribution in [3.63, 3.8) is 0 Å². The fourth-order valence-corrected chi connectivity index (χ4v) is 2.84. The van der Waals surface area contributed by atoms with E-state index in [1.165, 1.54) is 12.1 Å². The van der Waals surface area contributed by atoms with Crippen molar-refractivity contribution in [1.29, 1.82) is 0 Å². The number of phenolic OH excluding ortho intramolecular Hbond substituents is 1. The maximum atomic E-state index is 12.6. The van der Waals surface area contributed by atoms with E-state index in [2.05, 4.69) is 0 Å². The highest BCUT2D eigenvalue weighted by atomic mass is 16.5. The number of benzene rings is 2. The van der Waals surface area contributed by atoms with Crippen LogP contribution in [0.1, 0.15) is 15.9 Å². The van der Waals surface area contributed by atoms with Crippen molar-refractivity contribution < 1.29 is 19.1 Å². The Balaban J connectivity index is 1.77. The number of carbonyl (C=O) groups is 1. The molecule has 1 atom stereocenters. The van der Waals surface area contributed by atoms with E-state index in [0.717, 1.165) is 0 Å². The number of carbonyl (C=O) groups excluding carboxylic acids is 1. The van der Waals surface area contributed by atoms with Gasteiger partial charge in [0.1, 0.15) is 17.1 Å². The van der Waals surface area contributed by atoms with Crippen molar-refractivity contribution in [2.75, 3.05) is 0 Å². The molecule has 0 aliphatic carbocycles. The van der Waals surface area contributed by atoms with Crippen molar-refractivity contribution in [3.8, 4) is 11.5 Å². The van der Waals surface area contributed by atoms with Gasteiger partial charge < -0.3 is 14.3 Å². The Morgan fingerprint density at radius 3 is 2.65 bits per heavy atom.